The predicted molar refractivity (Wildman–Crippen MR) is 196 cm³/mol. The molecule has 2 heterocycles. The van der Waals surface area contributed by atoms with E-state index in [1.807, 2.05) is 22.7 Å². The first-order valence-corrected chi connectivity index (χ1v) is 17.0. The van der Waals surface area contributed by atoms with Crippen LogP contribution < -0.4 is 10.4 Å². The van der Waals surface area contributed by atoms with Crippen LogP contribution in [0.2, 0.25) is 0 Å². The SMILES string of the molecule is C1=c2c(-c3ccccc3)c3ccccc3c(-c3ccc4sc5cc6ccc7c8ccccc8sc7c6cc5c4c3)c2=CCC1. The molecule has 0 radical (unpaired) electrons. The fourth-order valence-corrected chi connectivity index (χ4v) is 9.86. The molecule has 10 rings (SSSR count). The topological polar surface area (TPSA) is 0 Å². The van der Waals surface area contributed by atoms with E-state index in [0.717, 1.165) is 12.8 Å². The highest BCUT2D eigenvalue weighted by Gasteiger charge is 2.17. The third-order valence-corrected chi connectivity index (χ3v) is 11.8. The molecule has 0 saturated carbocycles. The van der Waals surface area contributed by atoms with E-state index in [1.165, 1.54) is 94.6 Å². The summed E-state index contributed by atoms with van der Waals surface area (Å²) in [5, 5.41) is 13.5. The van der Waals surface area contributed by atoms with E-state index in [-0.39, 0.29) is 0 Å². The summed E-state index contributed by atoms with van der Waals surface area (Å²) in [5.74, 6) is 0. The molecular formula is C42H26S2. The zero-order valence-electron chi connectivity index (χ0n) is 23.9. The lowest BCUT2D eigenvalue weighted by atomic mass is 9.86. The van der Waals surface area contributed by atoms with Gasteiger partial charge in [-0.3, -0.25) is 0 Å². The van der Waals surface area contributed by atoms with Gasteiger partial charge in [-0.25, -0.2) is 0 Å². The summed E-state index contributed by atoms with van der Waals surface area (Å²) >= 11 is 3.83. The molecule has 0 spiro atoms. The standard InChI is InChI=1S/C42H26S2/c1-2-10-25(11-3-1)40-29-13-4-6-15-31(29)41(32-16-7-5-14-30(32)40)27-19-21-38-35(22-27)36-24-34-26(23-39(36)43-38)18-20-33-28-12-8-9-17-37(28)44-42(33)34/h1-4,6,8-24H,5,7H2. The van der Waals surface area contributed by atoms with Crippen molar-refractivity contribution in [2.45, 2.75) is 12.8 Å². The van der Waals surface area contributed by atoms with Crippen LogP contribution >= 0.6 is 22.7 Å². The minimum absolute atomic E-state index is 1.08. The van der Waals surface area contributed by atoms with Gasteiger partial charge in [-0.2, -0.15) is 0 Å². The Morgan fingerprint density at radius 3 is 1.84 bits per heavy atom. The first-order chi connectivity index (χ1) is 21.8. The Morgan fingerprint density at radius 2 is 1.05 bits per heavy atom. The number of benzene rings is 7. The molecule has 206 valence electrons. The molecule has 2 heteroatoms. The molecule has 0 aliphatic heterocycles. The maximum Gasteiger partial charge on any atom is 0.0434 e. The van der Waals surface area contributed by atoms with Gasteiger partial charge in [0.2, 0.25) is 0 Å². The molecule has 0 N–H and O–H groups in total. The van der Waals surface area contributed by atoms with Gasteiger partial charge in [-0.15, -0.1) is 22.7 Å². The van der Waals surface area contributed by atoms with Crippen molar-refractivity contribution in [1.29, 1.82) is 0 Å². The first-order valence-electron chi connectivity index (χ1n) is 15.3. The Morgan fingerprint density at radius 1 is 0.386 bits per heavy atom. The Kier molecular flexibility index (Phi) is 5.25. The lowest BCUT2D eigenvalue weighted by Crippen LogP contribution is -2.31. The van der Waals surface area contributed by atoms with Crippen LogP contribution in [0.1, 0.15) is 12.8 Å². The van der Waals surface area contributed by atoms with E-state index in [1.54, 1.807) is 0 Å². The van der Waals surface area contributed by atoms with Crippen molar-refractivity contribution in [3.63, 3.8) is 0 Å². The van der Waals surface area contributed by atoms with E-state index in [0.29, 0.717) is 0 Å². The first kappa shape index (κ1) is 24.7. The second-order valence-corrected chi connectivity index (χ2v) is 14.0. The third kappa shape index (κ3) is 3.50. The second-order valence-electron chi connectivity index (χ2n) is 11.9. The summed E-state index contributed by atoms with van der Waals surface area (Å²) < 4.78 is 5.46. The van der Waals surface area contributed by atoms with Crippen molar-refractivity contribution in [2.24, 2.45) is 0 Å². The summed E-state index contributed by atoms with van der Waals surface area (Å²) in [7, 11) is 0. The average molecular weight is 595 g/mol. The summed E-state index contributed by atoms with van der Waals surface area (Å²) in [6, 6.07) is 45.4. The van der Waals surface area contributed by atoms with Crippen LogP contribution in [-0.2, 0) is 0 Å². The van der Waals surface area contributed by atoms with Crippen LogP contribution in [0.3, 0.4) is 0 Å². The molecule has 0 amide bonds. The van der Waals surface area contributed by atoms with Gasteiger partial charge >= 0.3 is 0 Å². The van der Waals surface area contributed by atoms with Crippen molar-refractivity contribution in [3.05, 3.63) is 132 Å². The van der Waals surface area contributed by atoms with Gasteiger partial charge in [0.15, 0.2) is 0 Å². The van der Waals surface area contributed by atoms with E-state index < -0.39 is 0 Å². The third-order valence-electron chi connectivity index (χ3n) is 9.46. The Bertz CT molecular complexity index is 2760. The molecule has 0 fully saturated rings. The van der Waals surface area contributed by atoms with E-state index in [4.69, 9.17) is 0 Å². The highest BCUT2D eigenvalue weighted by atomic mass is 32.1. The summed E-state index contributed by atoms with van der Waals surface area (Å²) in [5.41, 5.74) is 5.31. The quantitative estimate of drug-likeness (QED) is 0.187. The number of rotatable bonds is 2. The van der Waals surface area contributed by atoms with Crippen molar-refractivity contribution >= 4 is 96.7 Å². The number of hydrogen-bond donors (Lipinski definition) is 0. The molecule has 1 aliphatic carbocycles. The largest absolute Gasteiger partial charge is 0.135 e. The van der Waals surface area contributed by atoms with E-state index >= 15 is 0 Å². The predicted octanol–water partition coefficient (Wildman–Crippen LogP) is 11.4. The molecule has 0 nitrogen and oxygen atoms in total. The average Bonchev–Trinajstić information content (AvgIpc) is 3.64. The van der Waals surface area contributed by atoms with Crippen LogP contribution in [0.15, 0.2) is 121 Å². The van der Waals surface area contributed by atoms with Gasteiger partial charge in [0.1, 0.15) is 0 Å². The minimum Gasteiger partial charge on any atom is -0.135 e. The van der Waals surface area contributed by atoms with Crippen molar-refractivity contribution in [2.75, 3.05) is 0 Å². The maximum absolute atomic E-state index is 2.48. The summed E-state index contributed by atoms with van der Waals surface area (Å²) in [6.07, 6.45) is 7.10. The fraction of sp³-hybridized carbons (Fsp3) is 0.0476. The van der Waals surface area contributed by atoms with Crippen molar-refractivity contribution < 1.29 is 0 Å². The summed E-state index contributed by atoms with van der Waals surface area (Å²) in [4.78, 5) is 0. The molecule has 44 heavy (non-hydrogen) atoms. The molecule has 0 bridgehead atoms. The second kappa shape index (κ2) is 9.37. The molecule has 0 atom stereocenters. The highest BCUT2D eigenvalue weighted by molar-refractivity contribution is 7.27. The van der Waals surface area contributed by atoms with Crippen LogP contribution in [0.4, 0.5) is 0 Å². The fourth-order valence-electron chi connectivity index (χ4n) is 7.52. The van der Waals surface area contributed by atoms with Gasteiger partial charge in [-0.05, 0) is 92.0 Å². The molecule has 9 aromatic rings. The minimum atomic E-state index is 1.08. The Hall–Kier alpha value is -4.76. The Balaban J connectivity index is 1.28. The van der Waals surface area contributed by atoms with Crippen LogP contribution in [0, 0.1) is 0 Å². The normalized spacial score (nSPS) is 13.2. The van der Waals surface area contributed by atoms with Crippen LogP contribution in [0.5, 0.6) is 0 Å². The van der Waals surface area contributed by atoms with Gasteiger partial charge < -0.3 is 0 Å². The van der Waals surface area contributed by atoms with Crippen LogP contribution in [-0.4, -0.2) is 0 Å². The van der Waals surface area contributed by atoms with Gasteiger partial charge in [0.25, 0.3) is 0 Å². The maximum atomic E-state index is 2.48. The van der Waals surface area contributed by atoms with Crippen molar-refractivity contribution in [3.8, 4) is 22.3 Å². The molecule has 1 aliphatic rings. The van der Waals surface area contributed by atoms with Crippen LogP contribution in [0.25, 0.3) is 96.3 Å². The zero-order valence-corrected chi connectivity index (χ0v) is 25.6. The van der Waals surface area contributed by atoms with Crippen molar-refractivity contribution in [1.82, 2.24) is 0 Å². The number of fused-ring (bicyclic) bond motifs is 10. The lowest BCUT2D eigenvalue weighted by Gasteiger charge is -2.17. The van der Waals surface area contributed by atoms with Gasteiger partial charge in [-0.1, -0.05) is 103 Å². The molecule has 2 aromatic heterocycles. The smallest absolute Gasteiger partial charge is 0.0434 e. The number of thiophene rings is 2. The summed E-state index contributed by atoms with van der Waals surface area (Å²) in [6.45, 7) is 0. The molecule has 0 unspecified atom stereocenters. The van der Waals surface area contributed by atoms with E-state index in [2.05, 4.69) is 133 Å². The molecule has 7 aromatic carbocycles. The van der Waals surface area contributed by atoms with Gasteiger partial charge in [0.05, 0.1) is 0 Å². The number of hydrogen-bond acceptors (Lipinski definition) is 2. The zero-order chi connectivity index (χ0) is 28.8. The van der Waals surface area contributed by atoms with Gasteiger partial charge in [0, 0.05) is 45.7 Å². The van der Waals surface area contributed by atoms with E-state index in [9.17, 15) is 0 Å². The molecule has 0 saturated heterocycles. The highest BCUT2D eigenvalue weighted by Crippen LogP contribution is 2.43. The molecular weight excluding hydrogens is 569 g/mol. The Labute approximate surface area is 262 Å². The lowest BCUT2D eigenvalue weighted by molar-refractivity contribution is 1.12. The monoisotopic (exact) mass is 594 g/mol.